The van der Waals surface area contributed by atoms with E-state index >= 15 is 0 Å². The summed E-state index contributed by atoms with van der Waals surface area (Å²) < 4.78 is 23.8. The molecule has 7 heteroatoms. The summed E-state index contributed by atoms with van der Waals surface area (Å²) in [5, 5.41) is 2.56. The molecule has 0 radical (unpaired) electrons. The van der Waals surface area contributed by atoms with E-state index in [2.05, 4.69) is 5.32 Å². The fourth-order valence-corrected chi connectivity index (χ4v) is 1.70. The van der Waals surface area contributed by atoms with Crippen molar-refractivity contribution in [2.24, 2.45) is 11.7 Å². The smallest absolute Gasteiger partial charge is 0.220 e. The van der Waals surface area contributed by atoms with Crippen LogP contribution in [-0.2, 0) is 14.8 Å². The van der Waals surface area contributed by atoms with Crippen LogP contribution in [0.15, 0.2) is 0 Å². The number of hydrogen-bond donors (Lipinski definition) is 2. The highest BCUT2D eigenvalue weighted by atomic mass is 32.2. The first-order valence-corrected chi connectivity index (χ1v) is 6.77. The fourth-order valence-electron chi connectivity index (χ4n) is 0.974. The fraction of sp³-hybridized carbons (Fsp3) is 0.889. The second-order valence-electron chi connectivity index (χ2n) is 3.99. The molecule has 1 atom stereocenters. The first-order valence-electron chi connectivity index (χ1n) is 5.16. The molecule has 1 unspecified atom stereocenters. The van der Waals surface area contributed by atoms with Gasteiger partial charge in [0, 0.05) is 27.1 Å². The quantitative estimate of drug-likeness (QED) is 0.605. The molecule has 0 saturated heterocycles. The van der Waals surface area contributed by atoms with Gasteiger partial charge in [0.2, 0.25) is 15.9 Å². The van der Waals surface area contributed by atoms with Crippen LogP contribution >= 0.6 is 0 Å². The second kappa shape index (κ2) is 6.82. The van der Waals surface area contributed by atoms with Crippen molar-refractivity contribution in [3.8, 4) is 0 Å². The normalized spacial score (nSPS) is 13.8. The summed E-state index contributed by atoms with van der Waals surface area (Å²) in [6.45, 7) is 2.45. The molecule has 0 aliphatic rings. The average Bonchev–Trinajstić information content (AvgIpc) is 2.16. The Hall–Kier alpha value is -0.660. The highest BCUT2D eigenvalue weighted by Crippen LogP contribution is 1.98. The van der Waals surface area contributed by atoms with E-state index in [0.717, 1.165) is 4.31 Å². The van der Waals surface area contributed by atoms with Crippen molar-refractivity contribution in [1.82, 2.24) is 9.62 Å². The molecule has 0 aliphatic carbocycles. The first-order chi connectivity index (χ1) is 7.29. The van der Waals surface area contributed by atoms with E-state index < -0.39 is 10.0 Å². The summed E-state index contributed by atoms with van der Waals surface area (Å²) in [4.78, 5) is 11.3. The number of sulfonamides is 1. The summed E-state index contributed by atoms with van der Waals surface area (Å²) in [5.41, 5.74) is 5.38. The molecule has 0 aromatic rings. The maximum Gasteiger partial charge on any atom is 0.220 e. The van der Waals surface area contributed by atoms with Crippen LogP contribution in [0.3, 0.4) is 0 Å². The van der Waals surface area contributed by atoms with Crippen LogP contribution < -0.4 is 11.1 Å². The Bertz CT molecular complexity index is 314. The van der Waals surface area contributed by atoms with Gasteiger partial charge in [-0.15, -0.1) is 0 Å². The standard InChI is InChI=1S/C9H21N3O3S/c1-8(7-10)6-9(13)11-4-5-16(14,15)12(2)3/h8H,4-7,10H2,1-3H3,(H,11,13). The summed E-state index contributed by atoms with van der Waals surface area (Å²) in [7, 11) is -0.302. The number of nitrogens with one attached hydrogen (secondary N) is 1. The van der Waals surface area contributed by atoms with E-state index in [1.165, 1.54) is 14.1 Å². The van der Waals surface area contributed by atoms with Crippen LogP contribution in [0.5, 0.6) is 0 Å². The van der Waals surface area contributed by atoms with E-state index in [0.29, 0.717) is 13.0 Å². The molecule has 0 saturated carbocycles. The maximum absolute atomic E-state index is 11.3. The summed E-state index contributed by atoms with van der Waals surface area (Å²) >= 11 is 0. The van der Waals surface area contributed by atoms with Crippen LogP contribution in [0.4, 0.5) is 0 Å². The largest absolute Gasteiger partial charge is 0.355 e. The third kappa shape index (κ3) is 6.04. The van der Waals surface area contributed by atoms with E-state index in [1.54, 1.807) is 0 Å². The molecule has 0 spiro atoms. The molecule has 0 aromatic carbocycles. The van der Waals surface area contributed by atoms with Gasteiger partial charge < -0.3 is 11.1 Å². The van der Waals surface area contributed by atoms with Gasteiger partial charge in [-0.1, -0.05) is 6.92 Å². The Labute approximate surface area is 97.2 Å². The lowest BCUT2D eigenvalue weighted by Gasteiger charge is -2.12. The van der Waals surface area contributed by atoms with Crippen molar-refractivity contribution in [3.63, 3.8) is 0 Å². The predicted molar refractivity (Wildman–Crippen MR) is 63.3 cm³/mol. The third-order valence-electron chi connectivity index (χ3n) is 2.17. The van der Waals surface area contributed by atoms with Gasteiger partial charge in [-0.05, 0) is 12.5 Å². The van der Waals surface area contributed by atoms with Crippen molar-refractivity contribution in [2.45, 2.75) is 13.3 Å². The Morgan fingerprint density at radius 3 is 2.44 bits per heavy atom. The van der Waals surface area contributed by atoms with Crippen molar-refractivity contribution >= 4 is 15.9 Å². The van der Waals surface area contributed by atoms with Gasteiger partial charge in [-0.25, -0.2) is 12.7 Å². The van der Waals surface area contributed by atoms with Crippen LogP contribution in [0, 0.1) is 5.92 Å². The van der Waals surface area contributed by atoms with Crippen LogP contribution in [-0.4, -0.2) is 51.6 Å². The van der Waals surface area contributed by atoms with Gasteiger partial charge in [0.1, 0.15) is 0 Å². The lowest BCUT2D eigenvalue weighted by atomic mass is 10.1. The minimum Gasteiger partial charge on any atom is -0.355 e. The second-order valence-corrected chi connectivity index (χ2v) is 6.30. The minimum atomic E-state index is -3.23. The van der Waals surface area contributed by atoms with Gasteiger partial charge in [-0.2, -0.15) is 0 Å². The topological polar surface area (TPSA) is 92.5 Å². The summed E-state index contributed by atoms with van der Waals surface area (Å²) in [6, 6.07) is 0. The maximum atomic E-state index is 11.3. The summed E-state index contributed by atoms with van der Waals surface area (Å²) in [6.07, 6.45) is 0.332. The number of hydrogen-bond acceptors (Lipinski definition) is 4. The molecule has 16 heavy (non-hydrogen) atoms. The molecule has 6 nitrogen and oxygen atoms in total. The summed E-state index contributed by atoms with van der Waals surface area (Å²) in [5.74, 6) is -0.125. The molecule has 0 bridgehead atoms. The van der Waals surface area contributed by atoms with E-state index in [-0.39, 0.29) is 24.1 Å². The Balaban J connectivity index is 3.87. The molecule has 0 rings (SSSR count). The lowest BCUT2D eigenvalue weighted by Crippen LogP contribution is -2.34. The molecular weight excluding hydrogens is 230 g/mol. The van der Waals surface area contributed by atoms with Gasteiger partial charge in [0.05, 0.1) is 5.75 Å². The van der Waals surface area contributed by atoms with Crippen LogP contribution in [0.2, 0.25) is 0 Å². The van der Waals surface area contributed by atoms with Crippen molar-refractivity contribution in [2.75, 3.05) is 32.9 Å². The zero-order valence-electron chi connectivity index (χ0n) is 10.1. The number of nitrogens with two attached hydrogens (primary N) is 1. The highest BCUT2D eigenvalue weighted by Gasteiger charge is 2.14. The van der Waals surface area contributed by atoms with E-state index in [1.807, 2.05) is 6.92 Å². The SMILES string of the molecule is CC(CN)CC(=O)NCCS(=O)(=O)N(C)C. The highest BCUT2D eigenvalue weighted by molar-refractivity contribution is 7.89. The zero-order chi connectivity index (χ0) is 12.8. The molecular formula is C9H21N3O3S. The van der Waals surface area contributed by atoms with E-state index in [9.17, 15) is 13.2 Å². The van der Waals surface area contributed by atoms with Crippen molar-refractivity contribution < 1.29 is 13.2 Å². The van der Waals surface area contributed by atoms with Crippen LogP contribution in [0.1, 0.15) is 13.3 Å². The monoisotopic (exact) mass is 251 g/mol. The molecule has 0 aliphatic heterocycles. The van der Waals surface area contributed by atoms with Crippen LogP contribution in [0.25, 0.3) is 0 Å². The first kappa shape index (κ1) is 15.3. The van der Waals surface area contributed by atoms with Crippen molar-refractivity contribution in [1.29, 1.82) is 0 Å². The molecule has 0 fully saturated rings. The number of carbonyl (C=O) groups excluding carboxylic acids is 1. The van der Waals surface area contributed by atoms with Gasteiger partial charge in [0.15, 0.2) is 0 Å². The molecule has 96 valence electrons. The number of nitrogens with zero attached hydrogens (tertiary/aromatic N) is 1. The van der Waals surface area contributed by atoms with E-state index in [4.69, 9.17) is 5.73 Å². The zero-order valence-corrected chi connectivity index (χ0v) is 10.9. The number of carbonyl (C=O) groups is 1. The van der Waals surface area contributed by atoms with Gasteiger partial charge in [-0.3, -0.25) is 4.79 Å². The predicted octanol–water partition coefficient (Wildman–Crippen LogP) is -1.02. The van der Waals surface area contributed by atoms with Crippen molar-refractivity contribution in [3.05, 3.63) is 0 Å². The Morgan fingerprint density at radius 1 is 1.44 bits per heavy atom. The molecule has 1 amide bonds. The average molecular weight is 251 g/mol. The Morgan fingerprint density at radius 2 is 2.00 bits per heavy atom. The Kier molecular flexibility index (Phi) is 6.54. The lowest BCUT2D eigenvalue weighted by molar-refractivity contribution is -0.121. The third-order valence-corrected chi connectivity index (χ3v) is 4.01. The minimum absolute atomic E-state index is 0.0806. The number of rotatable bonds is 7. The molecule has 3 N–H and O–H groups in total. The molecule has 0 heterocycles. The van der Waals surface area contributed by atoms with Gasteiger partial charge >= 0.3 is 0 Å². The van der Waals surface area contributed by atoms with Gasteiger partial charge in [0.25, 0.3) is 0 Å². The molecule has 0 aromatic heterocycles. The number of amides is 1.